The summed E-state index contributed by atoms with van der Waals surface area (Å²) in [7, 11) is 0. The number of anilines is 2. The number of nitrogens with one attached hydrogen (secondary N) is 1. The highest BCUT2D eigenvalue weighted by atomic mass is 35.5. The fraction of sp³-hybridized carbons (Fsp3) is 0.143. The maximum Gasteiger partial charge on any atom is 0.157 e. The Hall–Kier alpha value is -2.07. The van der Waals surface area contributed by atoms with Gasteiger partial charge in [-0.25, -0.2) is 9.97 Å². The summed E-state index contributed by atoms with van der Waals surface area (Å²) >= 11 is 6.09. The van der Waals surface area contributed by atoms with Gasteiger partial charge < -0.3 is 11.1 Å². The van der Waals surface area contributed by atoms with Gasteiger partial charge >= 0.3 is 0 Å². The van der Waals surface area contributed by atoms with Crippen LogP contribution in [0, 0.1) is 0 Å². The minimum absolute atomic E-state index is 0.324. The van der Waals surface area contributed by atoms with Gasteiger partial charge in [0.2, 0.25) is 0 Å². The third kappa shape index (κ3) is 2.39. The second-order valence-electron chi connectivity index (χ2n) is 4.35. The Morgan fingerprint density at radius 1 is 1.32 bits per heavy atom. The average Bonchev–Trinajstić information content (AvgIpc) is 2.63. The Kier molecular flexibility index (Phi) is 3.09. The molecule has 0 saturated carbocycles. The predicted octanol–water partition coefficient (Wildman–Crippen LogP) is 3.21. The third-order valence-corrected chi connectivity index (χ3v) is 3.26. The van der Waals surface area contributed by atoms with Crippen LogP contribution in [0.4, 0.5) is 11.5 Å². The maximum absolute atomic E-state index is 6.09. The molecule has 3 N–H and O–H groups in total. The largest absolute Gasteiger partial charge is 0.384 e. The van der Waals surface area contributed by atoms with Crippen LogP contribution in [0.1, 0.15) is 12.0 Å². The van der Waals surface area contributed by atoms with E-state index in [0.717, 1.165) is 29.8 Å². The third-order valence-electron chi connectivity index (χ3n) is 3.00. The highest BCUT2D eigenvalue weighted by molar-refractivity contribution is 6.31. The molecule has 3 rings (SSSR count). The van der Waals surface area contributed by atoms with Gasteiger partial charge in [0.15, 0.2) is 5.15 Å². The van der Waals surface area contributed by atoms with Gasteiger partial charge in [-0.15, -0.1) is 0 Å². The van der Waals surface area contributed by atoms with Crippen LogP contribution in [-0.2, 0) is 0 Å². The van der Waals surface area contributed by atoms with E-state index in [9.17, 15) is 0 Å². The lowest BCUT2D eigenvalue weighted by molar-refractivity contribution is 1.08. The molecule has 2 heterocycles. The van der Waals surface area contributed by atoms with Crippen LogP contribution in [0.5, 0.6) is 0 Å². The highest BCUT2D eigenvalue weighted by Gasteiger charge is 2.10. The van der Waals surface area contributed by atoms with E-state index in [1.807, 2.05) is 12.1 Å². The van der Waals surface area contributed by atoms with E-state index >= 15 is 0 Å². The molecule has 0 bridgehead atoms. The predicted molar refractivity (Wildman–Crippen MR) is 79.0 cm³/mol. The minimum Gasteiger partial charge on any atom is -0.384 e. The lowest BCUT2D eigenvalue weighted by Gasteiger charge is -2.09. The monoisotopic (exact) mass is 272 g/mol. The van der Waals surface area contributed by atoms with Crippen LogP contribution >= 0.6 is 11.6 Å². The second kappa shape index (κ2) is 4.90. The SMILES string of the molecule is Nc1cnc(-c2ccc3c(c2)C=CCCN3)c(Cl)n1. The quantitative estimate of drug-likeness (QED) is 0.837. The summed E-state index contributed by atoms with van der Waals surface area (Å²) in [6, 6.07) is 6.07. The summed E-state index contributed by atoms with van der Waals surface area (Å²) in [6.45, 7) is 0.950. The van der Waals surface area contributed by atoms with E-state index < -0.39 is 0 Å². The van der Waals surface area contributed by atoms with Crippen LogP contribution in [0.3, 0.4) is 0 Å². The van der Waals surface area contributed by atoms with Gasteiger partial charge in [0, 0.05) is 17.8 Å². The lowest BCUT2D eigenvalue weighted by atomic mass is 10.1. The normalized spacial score (nSPS) is 13.5. The Balaban J connectivity index is 2.08. The summed E-state index contributed by atoms with van der Waals surface area (Å²) in [5.41, 5.74) is 9.39. The van der Waals surface area contributed by atoms with Crippen molar-refractivity contribution < 1.29 is 0 Å². The second-order valence-corrected chi connectivity index (χ2v) is 4.71. The van der Waals surface area contributed by atoms with Crippen molar-refractivity contribution in [1.82, 2.24) is 9.97 Å². The molecule has 1 aliphatic rings. The number of benzene rings is 1. The van der Waals surface area contributed by atoms with Gasteiger partial charge in [-0.2, -0.15) is 0 Å². The van der Waals surface area contributed by atoms with Crippen molar-refractivity contribution in [2.24, 2.45) is 0 Å². The van der Waals surface area contributed by atoms with Crippen molar-refractivity contribution in [3.05, 3.63) is 41.2 Å². The lowest BCUT2D eigenvalue weighted by Crippen LogP contribution is -2.00. The van der Waals surface area contributed by atoms with Gasteiger partial charge in [0.25, 0.3) is 0 Å². The van der Waals surface area contributed by atoms with Crippen LogP contribution in [-0.4, -0.2) is 16.5 Å². The molecule has 1 aromatic heterocycles. The zero-order valence-corrected chi connectivity index (χ0v) is 11.0. The van der Waals surface area contributed by atoms with Crippen molar-refractivity contribution in [2.45, 2.75) is 6.42 Å². The van der Waals surface area contributed by atoms with E-state index in [1.165, 1.54) is 6.20 Å². The molecular formula is C14H13ClN4. The zero-order valence-electron chi connectivity index (χ0n) is 10.2. The Bertz CT molecular complexity index is 652. The molecular weight excluding hydrogens is 260 g/mol. The molecule has 0 radical (unpaired) electrons. The highest BCUT2D eigenvalue weighted by Crippen LogP contribution is 2.29. The first-order valence-corrected chi connectivity index (χ1v) is 6.45. The smallest absolute Gasteiger partial charge is 0.157 e. The fourth-order valence-electron chi connectivity index (χ4n) is 2.08. The molecule has 4 nitrogen and oxygen atoms in total. The molecule has 0 spiro atoms. The number of nitrogens with zero attached hydrogens (tertiary/aromatic N) is 2. The molecule has 1 aliphatic heterocycles. The van der Waals surface area contributed by atoms with E-state index in [2.05, 4.69) is 33.5 Å². The van der Waals surface area contributed by atoms with Crippen LogP contribution in [0.15, 0.2) is 30.5 Å². The fourth-order valence-corrected chi connectivity index (χ4v) is 2.34. The molecule has 0 amide bonds. The Labute approximate surface area is 116 Å². The number of nitrogen functional groups attached to an aromatic ring is 1. The van der Waals surface area contributed by atoms with Crippen molar-refractivity contribution in [2.75, 3.05) is 17.6 Å². The molecule has 96 valence electrons. The molecule has 5 heteroatoms. The molecule has 0 unspecified atom stereocenters. The first kappa shape index (κ1) is 12.0. The summed E-state index contributed by atoms with van der Waals surface area (Å²) in [6.07, 6.45) is 6.80. The summed E-state index contributed by atoms with van der Waals surface area (Å²) < 4.78 is 0. The van der Waals surface area contributed by atoms with Gasteiger partial charge in [0.1, 0.15) is 11.5 Å². The van der Waals surface area contributed by atoms with Crippen molar-refractivity contribution >= 4 is 29.2 Å². The van der Waals surface area contributed by atoms with E-state index in [1.54, 1.807) is 0 Å². The Morgan fingerprint density at radius 2 is 2.21 bits per heavy atom. The topological polar surface area (TPSA) is 63.8 Å². The number of hydrogen-bond acceptors (Lipinski definition) is 4. The van der Waals surface area contributed by atoms with Crippen LogP contribution in [0.25, 0.3) is 17.3 Å². The molecule has 0 saturated heterocycles. The van der Waals surface area contributed by atoms with Gasteiger partial charge in [-0.05, 0) is 24.1 Å². The van der Waals surface area contributed by atoms with E-state index in [4.69, 9.17) is 17.3 Å². The number of nitrogens with two attached hydrogens (primary N) is 1. The molecule has 19 heavy (non-hydrogen) atoms. The van der Waals surface area contributed by atoms with Crippen molar-refractivity contribution in [3.8, 4) is 11.3 Å². The standard InChI is InChI=1S/C14H13ClN4/c15-14-13(18-8-12(16)19-14)10-4-5-11-9(7-10)3-1-2-6-17-11/h1,3-5,7-8,17H,2,6H2,(H2,16,19). The summed E-state index contributed by atoms with van der Waals surface area (Å²) in [5.74, 6) is 0.324. The van der Waals surface area contributed by atoms with Gasteiger partial charge in [-0.3, -0.25) is 0 Å². The van der Waals surface area contributed by atoms with Gasteiger partial charge in [0.05, 0.1) is 6.20 Å². The number of halogens is 1. The first-order chi connectivity index (χ1) is 9.24. The van der Waals surface area contributed by atoms with Crippen LogP contribution < -0.4 is 11.1 Å². The average molecular weight is 273 g/mol. The number of fused-ring (bicyclic) bond motifs is 1. The molecule has 2 aromatic rings. The number of rotatable bonds is 1. The van der Waals surface area contributed by atoms with Crippen LogP contribution in [0.2, 0.25) is 5.15 Å². The van der Waals surface area contributed by atoms with Crippen molar-refractivity contribution in [1.29, 1.82) is 0 Å². The molecule has 0 aliphatic carbocycles. The molecule has 0 atom stereocenters. The van der Waals surface area contributed by atoms with E-state index in [-0.39, 0.29) is 0 Å². The summed E-state index contributed by atoms with van der Waals surface area (Å²) in [4.78, 5) is 8.28. The summed E-state index contributed by atoms with van der Waals surface area (Å²) in [5, 5.41) is 3.70. The first-order valence-electron chi connectivity index (χ1n) is 6.07. The Morgan fingerprint density at radius 3 is 3.05 bits per heavy atom. The maximum atomic E-state index is 6.09. The molecule has 0 fully saturated rings. The molecule has 1 aromatic carbocycles. The minimum atomic E-state index is 0.324. The van der Waals surface area contributed by atoms with E-state index in [0.29, 0.717) is 16.7 Å². The van der Waals surface area contributed by atoms with Gasteiger partial charge in [-0.1, -0.05) is 29.8 Å². The zero-order chi connectivity index (χ0) is 13.2. The van der Waals surface area contributed by atoms with Crippen molar-refractivity contribution in [3.63, 3.8) is 0 Å². The number of aromatic nitrogens is 2. The number of hydrogen-bond donors (Lipinski definition) is 2.